The zero-order valence-corrected chi connectivity index (χ0v) is 12.7. The van der Waals surface area contributed by atoms with Crippen molar-refractivity contribution in [2.24, 2.45) is 0 Å². The molecule has 0 aliphatic carbocycles. The third-order valence-electron chi connectivity index (χ3n) is 4.32. The second-order valence-corrected chi connectivity index (χ2v) is 5.64. The number of anilines is 1. The van der Waals surface area contributed by atoms with Gasteiger partial charge in [0.25, 0.3) is 0 Å². The molecular formula is C17H28N2. The van der Waals surface area contributed by atoms with Gasteiger partial charge in [-0.2, -0.15) is 0 Å². The normalized spacial score (nSPS) is 18.8. The Morgan fingerprint density at radius 2 is 1.89 bits per heavy atom. The van der Waals surface area contributed by atoms with Crippen LogP contribution in [0.1, 0.15) is 44.2 Å². The molecule has 19 heavy (non-hydrogen) atoms. The molecule has 2 nitrogen and oxygen atoms in total. The number of rotatable bonds is 6. The molecule has 0 amide bonds. The molecule has 1 atom stereocenters. The Balaban J connectivity index is 2.05. The third-order valence-corrected chi connectivity index (χ3v) is 4.32. The maximum absolute atomic E-state index is 3.59. The lowest BCUT2D eigenvalue weighted by Gasteiger charge is -2.26. The molecule has 0 radical (unpaired) electrons. The van der Waals surface area contributed by atoms with Crippen LogP contribution in [0.4, 0.5) is 5.69 Å². The molecule has 0 aromatic heterocycles. The lowest BCUT2D eigenvalue weighted by molar-refractivity contribution is 0.558. The fourth-order valence-corrected chi connectivity index (χ4v) is 3.17. The van der Waals surface area contributed by atoms with Gasteiger partial charge in [-0.3, -0.25) is 0 Å². The van der Waals surface area contributed by atoms with Crippen molar-refractivity contribution in [3.8, 4) is 0 Å². The van der Waals surface area contributed by atoms with Crippen molar-refractivity contribution in [1.82, 2.24) is 5.32 Å². The summed E-state index contributed by atoms with van der Waals surface area (Å²) in [5.41, 5.74) is 4.45. The van der Waals surface area contributed by atoms with E-state index in [1.54, 1.807) is 0 Å². The maximum atomic E-state index is 3.59. The van der Waals surface area contributed by atoms with Gasteiger partial charge in [-0.15, -0.1) is 0 Å². The van der Waals surface area contributed by atoms with E-state index in [9.17, 15) is 0 Å². The molecule has 2 rings (SSSR count). The first kappa shape index (κ1) is 14.4. The molecule has 1 aromatic rings. The minimum absolute atomic E-state index is 0.737. The average molecular weight is 260 g/mol. The van der Waals surface area contributed by atoms with E-state index in [4.69, 9.17) is 0 Å². The molecule has 0 spiro atoms. The van der Waals surface area contributed by atoms with Gasteiger partial charge in [-0.05, 0) is 49.8 Å². The number of hydrogen-bond acceptors (Lipinski definition) is 2. The molecule has 1 heterocycles. The first-order valence-corrected chi connectivity index (χ1v) is 7.81. The molecule has 1 aliphatic heterocycles. The highest BCUT2D eigenvalue weighted by Crippen LogP contribution is 2.26. The Morgan fingerprint density at radius 1 is 1.21 bits per heavy atom. The van der Waals surface area contributed by atoms with Gasteiger partial charge in [0.05, 0.1) is 0 Å². The van der Waals surface area contributed by atoms with Gasteiger partial charge in [-0.25, -0.2) is 0 Å². The van der Waals surface area contributed by atoms with Crippen LogP contribution in [0.15, 0.2) is 18.2 Å². The number of nitrogens with one attached hydrogen (secondary N) is 1. The molecule has 1 fully saturated rings. The minimum Gasteiger partial charge on any atom is -0.374 e. The first-order chi connectivity index (χ1) is 9.26. The molecule has 0 saturated carbocycles. The Kier molecular flexibility index (Phi) is 5.26. The van der Waals surface area contributed by atoms with Crippen LogP contribution < -0.4 is 10.2 Å². The predicted molar refractivity (Wildman–Crippen MR) is 84.1 cm³/mol. The van der Waals surface area contributed by atoms with Crippen LogP contribution in [-0.2, 0) is 12.8 Å². The van der Waals surface area contributed by atoms with E-state index in [1.165, 1.54) is 42.6 Å². The molecule has 1 N–H and O–H groups in total. The van der Waals surface area contributed by atoms with Crippen molar-refractivity contribution in [2.45, 2.75) is 52.0 Å². The predicted octanol–water partition coefficient (Wildman–Crippen LogP) is 3.39. The van der Waals surface area contributed by atoms with Gasteiger partial charge in [0.2, 0.25) is 0 Å². The van der Waals surface area contributed by atoms with Crippen LogP contribution in [0, 0.1) is 0 Å². The fraction of sp³-hybridized carbons (Fsp3) is 0.647. The SMILES string of the molecule is CCc1cccc(CC)c1N(C)CCC1CCCN1. The smallest absolute Gasteiger partial charge is 0.0428 e. The summed E-state index contributed by atoms with van der Waals surface area (Å²) in [6.07, 6.45) is 6.20. The number of para-hydroxylation sites is 1. The van der Waals surface area contributed by atoms with Crippen molar-refractivity contribution in [3.05, 3.63) is 29.3 Å². The van der Waals surface area contributed by atoms with Crippen molar-refractivity contribution < 1.29 is 0 Å². The van der Waals surface area contributed by atoms with E-state index in [0.29, 0.717) is 0 Å². The second-order valence-electron chi connectivity index (χ2n) is 5.64. The summed E-state index contributed by atoms with van der Waals surface area (Å²) in [7, 11) is 2.25. The quantitative estimate of drug-likeness (QED) is 0.843. The van der Waals surface area contributed by atoms with Crippen LogP contribution in [0.3, 0.4) is 0 Å². The molecule has 2 heteroatoms. The summed E-state index contributed by atoms with van der Waals surface area (Å²) in [5.74, 6) is 0. The lowest BCUT2D eigenvalue weighted by Crippen LogP contribution is -2.29. The van der Waals surface area contributed by atoms with Crippen molar-refractivity contribution >= 4 is 5.69 Å². The van der Waals surface area contributed by atoms with Crippen LogP contribution in [-0.4, -0.2) is 26.2 Å². The summed E-state index contributed by atoms with van der Waals surface area (Å²) in [4.78, 5) is 2.47. The molecule has 1 unspecified atom stereocenters. The molecule has 0 bridgehead atoms. The fourth-order valence-electron chi connectivity index (χ4n) is 3.17. The molecule has 1 saturated heterocycles. The van der Waals surface area contributed by atoms with Crippen molar-refractivity contribution in [3.63, 3.8) is 0 Å². The van der Waals surface area contributed by atoms with Gasteiger partial charge in [0.1, 0.15) is 0 Å². The number of nitrogens with zero attached hydrogens (tertiary/aromatic N) is 1. The van der Waals surface area contributed by atoms with E-state index in [2.05, 4.69) is 49.3 Å². The zero-order chi connectivity index (χ0) is 13.7. The maximum Gasteiger partial charge on any atom is 0.0428 e. The number of aryl methyl sites for hydroxylation is 2. The van der Waals surface area contributed by atoms with E-state index in [-0.39, 0.29) is 0 Å². The molecular weight excluding hydrogens is 232 g/mol. The topological polar surface area (TPSA) is 15.3 Å². The van der Waals surface area contributed by atoms with Crippen LogP contribution in [0.5, 0.6) is 0 Å². The van der Waals surface area contributed by atoms with E-state index in [0.717, 1.165) is 25.4 Å². The van der Waals surface area contributed by atoms with E-state index in [1.807, 2.05) is 0 Å². The highest BCUT2D eigenvalue weighted by atomic mass is 15.1. The Morgan fingerprint density at radius 3 is 2.42 bits per heavy atom. The molecule has 106 valence electrons. The van der Waals surface area contributed by atoms with Gasteiger partial charge in [0, 0.05) is 25.3 Å². The largest absolute Gasteiger partial charge is 0.374 e. The number of hydrogen-bond donors (Lipinski definition) is 1. The lowest BCUT2D eigenvalue weighted by atomic mass is 10.0. The molecule has 1 aromatic carbocycles. The Hall–Kier alpha value is -1.02. The Bertz CT molecular complexity index is 372. The zero-order valence-electron chi connectivity index (χ0n) is 12.7. The van der Waals surface area contributed by atoms with Gasteiger partial charge in [0.15, 0.2) is 0 Å². The first-order valence-electron chi connectivity index (χ1n) is 7.81. The minimum atomic E-state index is 0.737. The summed E-state index contributed by atoms with van der Waals surface area (Å²) >= 11 is 0. The van der Waals surface area contributed by atoms with Gasteiger partial charge >= 0.3 is 0 Å². The summed E-state index contributed by atoms with van der Waals surface area (Å²) < 4.78 is 0. The van der Waals surface area contributed by atoms with Gasteiger partial charge < -0.3 is 10.2 Å². The number of benzene rings is 1. The highest BCUT2D eigenvalue weighted by Gasteiger charge is 2.16. The summed E-state index contributed by atoms with van der Waals surface area (Å²) in [6.45, 7) is 6.87. The molecule has 1 aliphatic rings. The van der Waals surface area contributed by atoms with E-state index < -0.39 is 0 Å². The average Bonchev–Trinajstić information content (AvgIpc) is 2.97. The monoisotopic (exact) mass is 260 g/mol. The third kappa shape index (κ3) is 3.50. The second kappa shape index (κ2) is 6.95. The Labute approximate surface area is 118 Å². The van der Waals surface area contributed by atoms with Gasteiger partial charge in [-0.1, -0.05) is 32.0 Å². The standard InChI is InChI=1S/C17H28N2/c1-4-14-8-6-9-15(5-2)17(14)19(3)13-11-16-10-7-12-18-16/h6,8-9,16,18H,4-5,7,10-13H2,1-3H3. The van der Waals surface area contributed by atoms with Crippen LogP contribution in [0.2, 0.25) is 0 Å². The van der Waals surface area contributed by atoms with Crippen LogP contribution in [0.25, 0.3) is 0 Å². The highest BCUT2D eigenvalue weighted by molar-refractivity contribution is 5.59. The van der Waals surface area contributed by atoms with Crippen molar-refractivity contribution in [1.29, 1.82) is 0 Å². The van der Waals surface area contributed by atoms with Crippen molar-refractivity contribution in [2.75, 3.05) is 25.0 Å². The summed E-state index contributed by atoms with van der Waals surface area (Å²) in [5, 5.41) is 3.59. The van der Waals surface area contributed by atoms with E-state index >= 15 is 0 Å². The summed E-state index contributed by atoms with van der Waals surface area (Å²) in [6, 6.07) is 7.49. The van der Waals surface area contributed by atoms with Crippen LogP contribution >= 0.6 is 0 Å².